The summed E-state index contributed by atoms with van der Waals surface area (Å²) in [7, 11) is 1.58. The molecule has 8 heteroatoms. The Balaban J connectivity index is 1.42. The van der Waals surface area contributed by atoms with E-state index in [0.717, 1.165) is 5.52 Å². The lowest BCUT2D eigenvalue weighted by atomic mass is 10.0. The number of carbonyl (C=O) groups excluding carboxylic acids is 3. The van der Waals surface area contributed by atoms with Gasteiger partial charge in [-0.15, -0.1) is 0 Å². The van der Waals surface area contributed by atoms with Crippen molar-refractivity contribution in [3.05, 3.63) is 30.1 Å². The van der Waals surface area contributed by atoms with Crippen molar-refractivity contribution in [2.75, 3.05) is 26.7 Å². The number of rotatable bonds is 3. The van der Waals surface area contributed by atoms with Gasteiger partial charge in [-0.2, -0.15) is 0 Å². The van der Waals surface area contributed by atoms with Gasteiger partial charge in [0, 0.05) is 33.1 Å². The maximum absolute atomic E-state index is 12.7. The molecule has 2 aliphatic rings. The van der Waals surface area contributed by atoms with Crippen LogP contribution in [0.4, 0.5) is 0 Å². The highest BCUT2D eigenvalue weighted by molar-refractivity contribution is 6.05. The molecule has 25 heavy (non-hydrogen) atoms. The average molecular weight is 341 g/mol. The van der Waals surface area contributed by atoms with E-state index in [1.807, 2.05) is 12.1 Å². The van der Waals surface area contributed by atoms with Crippen molar-refractivity contribution >= 4 is 28.8 Å². The molecule has 0 saturated carbocycles. The topological polar surface area (TPSA) is 98.4 Å². The SMILES string of the molecule is CNC(=O)C1CC(=O)N(C2CN(C(=O)c3cccc4[nH]cnc34)C2)C1. The van der Waals surface area contributed by atoms with Crippen LogP contribution in [-0.2, 0) is 9.59 Å². The van der Waals surface area contributed by atoms with Gasteiger partial charge in [-0.25, -0.2) is 4.98 Å². The highest BCUT2D eigenvalue weighted by Crippen LogP contribution is 2.27. The summed E-state index contributed by atoms with van der Waals surface area (Å²) in [4.78, 5) is 47.2. The molecule has 1 aromatic carbocycles. The molecule has 1 unspecified atom stereocenters. The summed E-state index contributed by atoms with van der Waals surface area (Å²) < 4.78 is 0. The van der Waals surface area contributed by atoms with E-state index in [1.165, 1.54) is 0 Å². The third kappa shape index (κ3) is 2.54. The summed E-state index contributed by atoms with van der Waals surface area (Å²) in [6, 6.07) is 5.45. The normalized spacial score (nSPS) is 20.8. The summed E-state index contributed by atoms with van der Waals surface area (Å²) in [5, 5.41) is 2.59. The third-order valence-corrected chi connectivity index (χ3v) is 5.05. The van der Waals surface area contributed by atoms with Crippen molar-refractivity contribution in [3.8, 4) is 0 Å². The fraction of sp³-hybridized carbons (Fsp3) is 0.412. The number of amides is 3. The monoisotopic (exact) mass is 341 g/mol. The molecule has 1 atom stereocenters. The van der Waals surface area contributed by atoms with Crippen LogP contribution in [0, 0.1) is 5.92 Å². The Morgan fingerprint density at radius 1 is 1.28 bits per heavy atom. The molecule has 0 bridgehead atoms. The molecule has 2 aromatic rings. The number of nitrogens with one attached hydrogen (secondary N) is 2. The largest absolute Gasteiger partial charge is 0.359 e. The number of likely N-dealkylation sites (tertiary alicyclic amines) is 2. The summed E-state index contributed by atoms with van der Waals surface area (Å²) >= 11 is 0. The molecule has 2 aliphatic heterocycles. The average Bonchev–Trinajstić information content (AvgIpc) is 3.19. The Bertz CT molecular complexity index is 855. The summed E-state index contributed by atoms with van der Waals surface area (Å²) in [6.45, 7) is 1.41. The Kier molecular flexibility index (Phi) is 3.67. The lowest BCUT2D eigenvalue weighted by Crippen LogP contribution is -2.61. The predicted octanol–water partition coefficient (Wildman–Crippen LogP) is -0.0182. The van der Waals surface area contributed by atoms with Gasteiger partial charge in [-0.05, 0) is 12.1 Å². The Morgan fingerprint density at radius 2 is 2.08 bits per heavy atom. The molecule has 0 radical (unpaired) electrons. The molecule has 0 spiro atoms. The number of aromatic amines is 1. The number of imidazole rings is 1. The van der Waals surface area contributed by atoms with Gasteiger partial charge in [0.1, 0.15) is 5.52 Å². The van der Waals surface area contributed by atoms with Crippen LogP contribution in [0.2, 0.25) is 0 Å². The van der Waals surface area contributed by atoms with Crippen molar-refractivity contribution in [2.45, 2.75) is 12.5 Å². The minimum absolute atomic E-state index is 0.00973. The van der Waals surface area contributed by atoms with Crippen LogP contribution in [0.15, 0.2) is 24.5 Å². The fourth-order valence-electron chi connectivity index (χ4n) is 3.59. The van der Waals surface area contributed by atoms with Gasteiger partial charge in [0.25, 0.3) is 5.91 Å². The van der Waals surface area contributed by atoms with Crippen molar-refractivity contribution in [3.63, 3.8) is 0 Å². The molecular formula is C17H19N5O3. The number of hydrogen-bond acceptors (Lipinski definition) is 4. The highest BCUT2D eigenvalue weighted by atomic mass is 16.2. The number of nitrogens with zero attached hydrogens (tertiary/aromatic N) is 3. The van der Waals surface area contributed by atoms with Crippen molar-refractivity contribution < 1.29 is 14.4 Å². The van der Waals surface area contributed by atoms with E-state index in [0.29, 0.717) is 30.7 Å². The van der Waals surface area contributed by atoms with Crippen molar-refractivity contribution in [2.24, 2.45) is 5.92 Å². The molecule has 3 amide bonds. The molecule has 0 aliphatic carbocycles. The molecule has 2 fully saturated rings. The zero-order chi connectivity index (χ0) is 17.6. The zero-order valence-electron chi connectivity index (χ0n) is 13.9. The first-order valence-electron chi connectivity index (χ1n) is 8.31. The number of carbonyl (C=O) groups is 3. The van der Waals surface area contributed by atoms with Gasteiger partial charge in [0.15, 0.2) is 0 Å². The van der Waals surface area contributed by atoms with E-state index in [4.69, 9.17) is 0 Å². The number of benzene rings is 1. The first-order chi connectivity index (χ1) is 12.1. The summed E-state index contributed by atoms with van der Waals surface area (Å²) in [6.07, 6.45) is 1.82. The minimum atomic E-state index is -0.292. The van der Waals surface area contributed by atoms with Crippen molar-refractivity contribution in [1.82, 2.24) is 25.1 Å². The van der Waals surface area contributed by atoms with E-state index < -0.39 is 0 Å². The highest BCUT2D eigenvalue weighted by Gasteiger charge is 2.43. The fourth-order valence-corrected chi connectivity index (χ4v) is 3.59. The van der Waals surface area contributed by atoms with Crippen LogP contribution in [0.5, 0.6) is 0 Å². The second-order valence-corrected chi connectivity index (χ2v) is 6.53. The number of hydrogen-bond donors (Lipinski definition) is 2. The van der Waals surface area contributed by atoms with Gasteiger partial charge in [-0.3, -0.25) is 14.4 Å². The zero-order valence-corrected chi connectivity index (χ0v) is 13.9. The molecule has 2 N–H and O–H groups in total. The lowest BCUT2D eigenvalue weighted by molar-refractivity contribution is -0.132. The molecule has 8 nitrogen and oxygen atoms in total. The van der Waals surface area contributed by atoms with Crippen LogP contribution in [0.1, 0.15) is 16.8 Å². The van der Waals surface area contributed by atoms with Crippen LogP contribution < -0.4 is 5.32 Å². The van der Waals surface area contributed by atoms with E-state index >= 15 is 0 Å². The number of para-hydroxylation sites is 1. The molecule has 2 saturated heterocycles. The Labute approximate surface area is 144 Å². The molecular weight excluding hydrogens is 322 g/mol. The quantitative estimate of drug-likeness (QED) is 0.820. The maximum Gasteiger partial charge on any atom is 0.256 e. The number of aromatic nitrogens is 2. The molecule has 4 rings (SSSR count). The smallest absolute Gasteiger partial charge is 0.256 e. The molecule has 1 aromatic heterocycles. The van der Waals surface area contributed by atoms with E-state index in [9.17, 15) is 14.4 Å². The van der Waals surface area contributed by atoms with Gasteiger partial charge >= 0.3 is 0 Å². The van der Waals surface area contributed by atoms with Crippen molar-refractivity contribution in [1.29, 1.82) is 0 Å². The first-order valence-corrected chi connectivity index (χ1v) is 8.31. The maximum atomic E-state index is 12.7. The van der Waals surface area contributed by atoms with E-state index in [2.05, 4.69) is 15.3 Å². The van der Waals surface area contributed by atoms with Gasteiger partial charge < -0.3 is 20.1 Å². The van der Waals surface area contributed by atoms with Gasteiger partial charge in [0.2, 0.25) is 11.8 Å². The first kappa shape index (κ1) is 15.6. The van der Waals surface area contributed by atoms with Crippen LogP contribution in [0.3, 0.4) is 0 Å². The second-order valence-electron chi connectivity index (χ2n) is 6.53. The molecule has 3 heterocycles. The summed E-state index contributed by atoms with van der Waals surface area (Å²) in [5.74, 6) is -0.489. The predicted molar refractivity (Wildman–Crippen MR) is 89.7 cm³/mol. The van der Waals surface area contributed by atoms with Gasteiger partial charge in [0.05, 0.1) is 29.4 Å². The number of fused-ring (bicyclic) bond motifs is 1. The van der Waals surface area contributed by atoms with Gasteiger partial charge in [-0.1, -0.05) is 6.07 Å². The summed E-state index contributed by atoms with van der Waals surface area (Å²) in [5.41, 5.74) is 2.05. The minimum Gasteiger partial charge on any atom is -0.359 e. The standard InChI is InChI=1S/C17H19N5O3/c1-18-16(24)10-5-14(23)22(6-10)11-7-21(8-11)17(25)12-3-2-4-13-15(12)20-9-19-13/h2-4,9-11H,5-8H2,1H3,(H,18,24)(H,19,20). The van der Waals surface area contributed by atoms with Crippen LogP contribution in [-0.4, -0.2) is 70.2 Å². The third-order valence-electron chi connectivity index (χ3n) is 5.05. The second kappa shape index (κ2) is 5.87. The van der Waals surface area contributed by atoms with Crippen LogP contribution >= 0.6 is 0 Å². The Morgan fingerprint density at radius 3 is 2.84 bits per heavy atom. The van der Waals surface area contributed by atoms with E-state index in [1.54, 1.807) is 29.2 Å². The number of H-pyrrole nitrogens is 1. The van der Waals surface area contributed by atoms with Crippen LogP contribution in [0.25, 0.3) is 11.0 Å². The van der Waals surface area contributed by atoms with E-state index in [-0.39, 0.29) is 36.1 Å². The molecule has 130 valence electrons. The lowest BCUT2D eigenvalue weighted by Gasteiger charge is -2.44. The Hall–Kier alpha value is -2.90.